The fourth-order valence-electron chi connectivity index (χ4n) is 0. The molecule has 0 saturated carbocycles. The van der Waals surface area contributed by atoms with E-state index in [1.54, 1.807) is 0 Å². The molecule has 0 aliphatic carbocycles. The predicted octanol–water partition coefficient (Wildman–Crippen LogP) is -3.02. The molecular formula is H7AlMgMnSr. The Morgan fingerprint density at radius 2 is 1.00 bits per heavy atom. The summed E-state index contributed by atoms with van der Waals surface area (Å²) in [4.78, 5) is 0. The summed E-state index contributed by atoms with van der Waals surface area (Å²) in [7, 11) is 0. The average Bonchev–Trinajstić information content (AvgIpc) is 0. The van der Waals surface area contributed by atoms with Gasteiger partial charge < -0.3 is 0 Å². The van der Waals surface area contributed by atoms with Crippen LogP contribution in [0.4, 0.5) is 0 Å². The summed E-state index contributed by atoms with van der Waals surface area (Å²) in [5.41, 5.74) is 0. The van der Waals surface area contributed by atoms with Crippen LogP contribution in [0.5, 0.6) is 0 Å². The molecule has 0 amide bonds. The Hall–Kier alpha value is 3.30. The molecule has 0 spiro atoms. The molecule has 0 aromatic rings. The first-order valence-corrected chi connectivity index (χ1v) is 0. The van der Waals surface area contributed by atoms with Crippen LogP contribution in [0, 0.1) is 0 Å². The van der Waals surface area contributed by atoms with Crippen LogP contribution in [0.1, 0.15) is 0 Å². The van der Waals surface area contributed by atoms with Gasteiger partial charge in [0, 0.05) is 17.1 Å². The molecule has 1 radical (unpaired) electrons. The van der Waals surface area contributed by atoms with Crippen molar-refractivity contribution in [3.05, 3.63) is 0 Å². The van der Waals surface area contributed by atoms with Crippen LogP contribution in [0.2, 0.25) is 0 Å². The van der Waals surface area contributed by atoms with E-state index in [1.165, 1.54) is 0 Å². The summed E-state index contributed by atoms with van der Waals surface area (Å²) in [6, 6.07) is 0. The van der Waals surface area contributed by atoms with Crippen molar-refractivity contribution in [1.29, 1.82) is 0 Å². The summed E-state index contributed by atoms with van der Waals surface area (Å²) >= 11 is 0. The standard InChI is InChI=1S/Al.Mg.Mn.Sr.7H. The van der Waals surface area contributed by atoms with Crippen molar-refractivity contribution in [2.24, 2.45) is 0 Å². The molecule has 0 nitrogen and oxygen atoms in total. The molecule has 4 heavy (non-hydrogen) atoms. The van der Waals surface area contributed by atoms with Crippen LogP contribution in [0.15, 0.2) is 0 Å². The Labute approximate surface area is 100 Å². The van der Waals surface area contributed by atoms with Crippen LogP contribution in [-0.2, 0) is 17.1 Å². The van der Waals surface area contributed by atoms with Crippen LogP contribution in [-0.4, -0.2) is 85.9 Å². The zero-order valence-electron chi connectivity index (χ0n) is 0.378. The molecule has 0 N–H and O–H groups in total. The summed E-state index contributed by atoms with van der Waals surface area (Å²) in [6.45, 7) is 0. The zero-order valence-corrected chi connectivity index (χ0v) is 1.56. The number of hydrogen-bond acceptors (Lipinski definition) is 0. The molecule has 0 unspecified atom stereocenters. The van der Waals surface area contributed by atoms with Crippen molar-refractivity contribution in [2.75, 3.05) is 0 Å². The molecule has 0 rings (SSSR count). The fraction of sp³-hybridized carbons (Fsp3) is 0. The van der Waals surface area contributed by atoms with Gasteiger partial charge in [0.25, 0.3) is 0 Å². The first kappa shape index (κ1) is 26.6. The van der Waals surface area contributed by atoms with E-state index in [-0.39, 0.29) is 103 Å². The van der Waals surface area contributed by atoms with Gasteiger partial charge in [-0.2, -0.15) is 0 Å². The van der Waals surface area contributed by atoms with Crippen LogP contribution in [0.25, 0.3) is 0 Å². The van der Waals surface area contributed by atoms with Crippen molar-refractivity contribution in [2.45, 2.75) is 0 Å². The van der Waals surface area contributed by atoms with Crippen molar-refractivity contribution in [1.82, 2.24) is 0 Å². The van der Waals surface area contributed by atoms with Gasteiger partial charge in [0.05, 0.1) is 0 Å². The van der Waals surface area contributed by atoms with Crippen molar-refractivity contribution < 1.29 is 17.1 Å². The Balaban J connectivity index is 0. The molecule has 0 atom stereocenters. The molecule has 0 aliphatic rings. The molecule has 0 aliphatic heterocycles. The second kappa shape index (κ2) is 16.3. The van der Waals surface area contributed by atoms with E-state index in [9.17, 15) is 0 Å². The summed E-state index contributed by atoms with van der Waals surface area (Å²) < 4.78 is 0. The number of rotatable bonds is 0. The molecule has 4 heteroatoms. The van der Waals surface area contributed by atoms with E-state index in [0.29, 0.717) is 0 Å². The molecule has 0 bridgehead atoms. The third-order valence-electron chi connectivity index (χ3n) is 0. The Morgan fingerprint density at radius 1 is 1.00 bits per heavy atom. The third kappa shape index (κ3) is 9.00. The SMILES string of the molecule is [AlH3].[MgH2].[Mn].[SrH2]. The van der Waals surface area contributed by atoms with Crippen molar-refractivity contribution >= 4 is 85.9 Å². The van der Waals surface area contributed by atoms with Gasteiger partial charge in [-0.1, -0.05) is 0 Å². The van der Waals surface area contributed by atoms with Gasteiger partial charge in [0.2, 0.25) is 0 Å². The van der Waals surface area contributed by atoms with E-state index in [1.807, 2.05) is 0 Å². The molecule has 0 aromatic carbocycles. The second-order valence-corrected chi connectivity index (χ2v) is 0. The number of hydrogen-bond donors (Lipinski definition) is 0. The van der Waals surface area contributed by atoms with Crippen LogP contribution >= 0.6 is 0 Å². The van der Waals surface area contributed by atoms with Gasteiger partial charge in [-0.15, -0.1) is 0 Å². The molecule has 0 saturated heterocycles. The van der Waals surface area contributed by atoms with E-state index < -0.39 is 0 Å². The summed E-state index contributed by atoms with van der Waals surface area (Å²) in [5.74, 6) is 0. The molecule has 0 fully saturated rings. The van der Waals surface area contributed by atoms with E-state index in [4.69, 9.17) is 0 Å². The Morgan fingerprint density at radius 3 is 1.00 bits per heavy atom. The Kier molecular flexibility index (Phi) is 108. The van der Waals surface area contributed by atoms with E-state index in [2.05, 4.69) is 0 Å². The van der Waals surface area contributed by atoms with Crippen LogP contribution < -0.4 is 0 Å². The van der Waals surface area contributed by atoms with Gasteiger partial charge in [0.1, 0.15) is 0 Å². The fourth-order valence-corrected chi connectivity index (χ4v) is 0. The van der Waals surface area contributed by atoms with Crippen molar-refractivity contribution in [3.8, 4) is 0 Å². The molecular weight excluding hydrogens is 194 g/mol. The maximum atomic E-state index is 0. The predicted molar refractivity (Wildman–Crippen MR) is 27.0 cm³/mol. The molecule has 0 aromatic heterocycles. The monoisotopic (exact) mass is 201 g/mol. The van der Waals surface area contributed by atoms with Crippen molar-refractivity contribution in [3.63, 3.8) is 0 Å². The first-order valence-electron chi connectivity index (χ1n) is 0. The van der Waals surface area contributed by atoms with Gasteiger partial charge in [-0.05, 0) is 0 Å². The van der Waals surface area contributed by atoms with Crippen LogP contribution in [0.3, 0.4) is 0 Å². The van der Waals surface area contributed by atoms with Gasteiger partial charge in [0.15, 0.2) is 17.4 Å². The van der Waals surface area contributed by atoms with Gasteiger partial charge in [-0.25, -0.2) is 0 Å². The minimum atomic E-state index is 0. The average molecular weight is 201 g/mol. The molecule has 0 heterocycles. The quantitative estimate of drug-likeness (QED) is 0.366. The normalized spacial score (nSPS) is 0. The molecule has 21 valence electrons. The maximum absolute atomic E-state index is 0. The van der Waals surface area contributed by atoms with E-state index >= 15 is 0 Å². The van der Waals surface area contributed by atoms with Gasteiger partial charge >= 0.3 is 68.5 Å². The summed E-state index contributed by atoms with van der Waals surface area (Å²) in [5, 5.41) is 0. The Bertz CT molecular complexity index is 8.00. The first-order chi connectivity index (χ1) is 0. The second-order valence-electron chi connectivity index (χ2n) is 0. The zero-order chi connectivity index (χ0) is 0. The minimum absolute atomic E-state index is 0. The van der Waals surface area contributed by atoms with Gasteiger partial charge in [-0.3, -0.25) is 0 Å². The topological polar surface area (TPSA) is 0 Å². The van der Waals surface area contributed by atoms with E-state index in [0.717, 1.165) is 0 Å². The summed E-state index contributed by atoms with van der Waals surface area (Å²) in [6.07, 6.45) is 0. The third-order valence-corrected chi connectivity index (χ3v) is 0.